The summed E-state index contributed by atoms with van der Waals surface area (Å²) in [5.74, 6) is 1.04. The van der Waals surface area contributed by atoms with Gasteiger partial charge in [-0.1, -0.05) is 41.5 Å². The molecule has 0 aromatic rings. The Labute approximate surface area is 161 Å². The molecule has 7 heteroatoms. The number of amides is 2. The van der Waals surface area contributed by atoms with Crippen LogP contribution in [-0.2, 0) is 25.1 Å². The highest BCUT2D eigenvalue weighted by Crippen LogP contribution is 2.20. The molecular formula is C19H38N2O4S. The first-order chi connectivity index (χ1) is 11.9. The first kappa shape index (κ1) is 25.1. The van der Waals surface area contributed by atoms with E-state index in [1.165, 1.54) is 0 Å². The number of carbonyl (C=O) groups is 2. The van der Waals surface area contributed by atoms with E-state index in [1.54, 1.807) is 0 Å². The summed E-state index contributed by atoms with van der Waals surface area (Å²) >= 11 is 0. The van der Waals surface area contributed by atoms with E-state index in [2.05, 4.69) is 31.4 Å². The van der Waals surface area contributed by atoms with Gasteiger partial charge in [-0.15, -0.1) is 0 Å². The quantitative estimate of drug-likeness (QED) is 0.501. The van der Waals surface area contributed by atoms with E-state index in [0.717, 1.165) is 6.42 Å². The van der Waals surface area contributed by atoms with Crippen LogP contribution in [-0.4, -0.2) is 53.8 Å². The van der Waals surface area contributed by atoms with Crippen molar-refractivity contribution >= 4 is 22.6 Å². The van der Waals surface area contributed by atoms with Gasteiger partial charge in [0, 0.05) is 48.2 Å². The Morgan fingerprint density at radius 1 is 0.846 bits per heavy atom. The van der Waals surface area contributed by atoms with Gasteiger partial charge in [0.25, 0.3) is 0 Å². The molecule has 2 N–H and O–H groups in total. The number of hydrogen-bond acceptors (Lipinski definition) is 4. The fourth-order valence-electron chi connectivity index (χ4n) is 2.05. The van der Waals surface area contributed by atoms with Crippen LogP contribution in [0.3, 0.4) is 0 Å². The minimum atomic E-state index is -0.914. The van der Waals surface area contributed by atoms with Crippen LogP contribution in [0.15, 0.2) is 0 Å². The van der Waals surface area contributed by atoms with Crippen molar-refractivity contribution in [2.45, 2.75) is 60.8 Å². The van der Waals surface area contributed by atoms with Gasteiger partial charge in [0.05, 0.1) is 13.2 Å². The normalized spacial score (nSPS) is 13.3. The van der Waals surface area contributed by atoms with Crippen molar-refractivity contribution in [2.24, 2.45) is 10.8 Å². The van der Waals surface area contributed by atoms with Gasteiger partial charge < -0.3 is 15.4 Å². The van der Waals surface area contributed by atoms with Gasteiger partial charge in [-0.25, -0.2) is 0 Å². The molecule has 0 saturated heterocycles. The highest BCUT2D eigenvalue weighted by molar-refractivity contribution is 7.85. The molecule has 6 nitrogen and oxygen atoms in total. The van der Waals surface area contributed by atoms with Crippen LogP contribution < -0.4 is 10.6 Å². The van der Waals surface area contributed by atoms with Gasteiger partial charge in [0.1, 0.15) is 0 Å². The highest BCUT2D eigenvalue weighted by Gasteiger charge is 2.15. The van der Waals surface area contributed by atoms with Gasteiger partial charge in [-0.2, -0.15) is 0 Å². The number of carbonyl (C=O) groups excluding carboxylic acids is 2. The molecule has 0 radical (unpaired) electrons. The molecule has 0 aromatic carbocycles. The lowest BCUT2D eigenvalue weighted by atomic mass is 9.90. The van der Waals surface area contributed by atoms with E-state index in [-0.39, 0.29) is 29.1 Å². The van der Waals surface area contributed by atoms with Crippen molar-refractivity contribution in [1.82, 2.24) is 10.6 Å². The van der Waals surface area contributed by atoms with Crippen LogP contribution >= 0.6 is 0 Å². The summed E-state index contributed by atoms with van der Waals surface area (Å²) in [7, 11) is -0.914. The lowest BCUT2D eigenvalue weighted by Gasteiger charge is -2.17. The zero-order chi connectivity index (χ0) is 20.2. The summed E-state index contributed by atoms with van der Waals surface area (Å²) in [6.07, 6.45) is 1.63. The van der Waals surface area contributed by atoms with Crippen molar-refractivity contribution in [2.75, 3.05) is 37.8 Å². The van der Waals surface area contributed by atoms with E-state index in [0.29, 0.717) is 44.2 Å². The monoisotopic (exact) mass is 390 g/mol. The largest absolute Gasteiger partial charge is 0.379 e. The summed E-state index contributed by atoms with van der Waals surface area (Å²) < 4.78 is 17.2. The second-order valence-corrected chi connectivity index (χ2v) is 10.5. The molecule has 0 spiro atoms. The zero-order valence-corrected chi connectivity index (χ0v) is 18.2. The van der Waals surface area contributed by atoms with Crippen molar-refractivity contribution < 1.29 is 18.5 Å². The third-order valence-electron chi connectivity index (χ3n) is 3.39. The minimum Gasteiger partial charge on any atom is -0.379 e. The number of hydrogen-bond donors (Lipinski definition) is 2. The van der Waals surface area contributed by atoms with Crippen LogP contribution in [0.1, 0.15) is 60.8 Å². The van der Waals surface area contributed by atoms with Gasteiger partial charge in [0.2, 0.25) is 11.8 Å². The molecule has 0 fully saturated rings. The van der Waals surface area contributed by atoms with Gasteiger partial charge in [0.15, 0.2) is 0 Å². The van der Waals surface area contributed by atoms with Crippen LogP contribution in [0.5, 0.6) is 0 Å². The topological polar surface area (TPSA) is 84.5 Å². The van der Waals surface area contributed by atoms with E-state index in [4.69, 9.17) is 4.74 Å². The lowest BCUT2D eigenvalue weighted by molar-refractivity contribution is -0.123. The minimum absolute atomic E-state index is 0.0320. The fourth-order valence-corrected chi connectivity index (χ4v) is 3.49. The van der Waals surface area contributed by atoms with E-state index in [1.807, 2.05) is 20.8 Å². The Morgan fingerprint density at radius 3 is 2.00 bits per heavy atom. The van der Waals surface area contributed by atoms with E-state index < -0.39 is 10.8 Å². The third kappa shape index (κ3) is 17.9. The second-order valence-electron chi connectivity index (χ2n) is 8.97. The van der Waals surface area contributed by atoms with Crippen LogP contribution in [0.4, 0.5) is 0 Å². The van der Waals surface area contributed by atoms with E-state index in [9.17, 15) is 13.8 Å². The summed E-state index contributed by atoms with van der Waals surface area (Å²) in [5.41, 5.74) is 0.186. The summed E-state index contributed by atoms with van der Waals surface area (Å²) in [5, 5.41) is 5.57. The standard InChI is InChI=1S/C19H38N2O4S/c1-18(2,3)9-7-16(22)20-10-13-25-12-8-17(23)21-11-14-26(24)15-19(4,5)6/h7-15H2,1-6H3,(H,20,22)(H,21,23). The predicted octanol–water partition coefficient (Wildman–Crippen LogP) is 2.25. The summed E-state index contributed by atoms with van der Waals surface area (Å²) in [4.78, 5) is 23.3. The van der Waals surface area contributed by atoms with E-state index >= 15 is 0 Å². The highest BCUT2D eigenvalue weighted by atomic mass is 32.2. The molecule has 0 aliphatic heterocycles. The average molecular weight is 391 g/mol. The molecule has 0 aromatic heterocycles. The molecule has 154 valence electrons. The molecule has 0 saturated carbocycles. The van der Waals surface area contributed by atoms with Crippen LogP contribution in [0.2, 0.25) is 0 Å². The Kier molecular flexibility index (Phi) is 12.0. The average Bonchev–Trinajstić information content (AvgIpc) is 2.46. The predicted molar refractivity (Wildman–Crippen MR) is 107 cm³/mol. The first-order valence-electron chi connectivity index (χ1n) is 9.35. The Balaban J connectivity index is 3.57. The lowest BCUT2D eigenvalue weighted by Crippen LogP contribution is -2.31. The Bertz CT molecular complexity index is 453. The maximum atomic E-state index is 11.8. The van der Waals surface area contributed by atoms with Crippen molar-refractivity contribution in [3.05, 3.63) is 0 Å². The second kappa shape index (κ2) is 12.4. The number of ether oxygens (including phenoxy) is 1. The van der Waals surface area contributed by atoms with Crippen LogP contribution in [0.25, 0.3) is 0 Å². The third-order valence-corrected chi connectivity index (χ3v) is 5.24. The number of rotatable bonds is 12. The summed E-state index contributed by atoms with van der Waals surface area (Å²) in [6.45, 7) is 14.1. The maximum absolute atomic E-state index is 11.8. The van der Waals surface area contributed by atoms with Gasteiger partial charge in [-0.05, 0) is 17.3 Å². The SMILES string of the molecule is CC(C)(C)CCC(=O)NCCOCCC(=O)NCCS(=O)CC(C)(C)C. The molecule has 0 rings (SSSR count). The van der Waals surface area contributed by atoms with Gasteiger partial charge in [-0.3, -0.25) is 13.8 Å². The van der Waals surface area contributed by atoms with Crippen molar-refractivity contribution in [3.63, 3.8) is 0 Å². The zero-order valence-electron chi connectivity index (χ0n) is 17.4. The molecule has 0 heterocycles. The van der Waals surface area contributed by atoms with Crippen molar-refractivity contribution in [1.29, 1.82) is 0 Å². The maximum Gasteiger partial charge on any atom is 0.222 e. The molecule has 26 heavy (non-hydrogen) atoms. The number of nitrogens with one attached hydrogen (secondary N) is 2. The molecule has 1 unspecified atom stereocenters. The fraction of sp³-hybridized carbons (Fsp3) is 0.895. The molecule has 0 bridgehead atoms. The summed E-state index contributed by atoms with van der Waals surface area (Å²) in [6, 6.07) is 0. The van der Waals surface area contributed by atoms with Gasteiger partial charge >= 0.3 is 0 Å². The molecule has 1 atom stereocenters. The van der Waals surface area contributed by atoms with Crippen LogP contribution in [0, 0.1) is 10.8 Å². The molecule has 0 aliphatic rings. The molecule has 0 aliphatic carbocycles. The van der Waals surface area contributed by atoms with Crippen molar-refractivity contribution in [3.8, 4) is 0 Å². The smallest absolute Gasteiger partial charge is 0.222 e. The molecular weight excluding hydrogens is 352 g/mol. The molecule has 2 amide bonds. The first-order valence-corrected chi connectivity index (χ1v) is 10.8. The Hall–Kier alpha value is -0.950. The Morgan fingerprint density at radius 2 is 1.42 bits per heavy atom.